The molecule has 0 bridgehead atoms. The summed E-state index contributed by atoms with van der Waals surface area (Å²) in [5.74, 6) is -1.63. The van der Waals surface area contributed by atoms with Gasteiger partial charge in [-0.1, -0.05) is 6.07 Å². The summed E-state index contributed by atoms with van der Waals surface area (Å²) in [5, 5.41) is 6.99. The first-order valence-electron chi connectivity index (χ1n) is 8.82. The number of rotatable bonds is 8. The predicted octanol–water partition coefficient (Wildman–Crippen LogP) is 3.00. The Kier molecular flexibility index (Phi) is 6.95. The van der Waals surface area contributed by atoms with Gasteiger partial charge in [0.2, 0.25) is 5.91 Å². The number of hydrogen-bond acceptors (Lipinski definition) is 3. The molecule has 3 rings (SSSR count). The van der Waals surface area contributed by atoms with Crippen LogP contribution in [-0.2, 0) is 11.3 Å². The van der Waals surface area contributed by atoms with Gasteiger partial charge in [-0.25, -0.2) is 8.78 Å². The van der Waals surface area contributed by atoms with E-state index >= 15 is 0 Å². The minimum atomic E-state index is -0.873. The smallest absolute Gasteiger partial charge is 0.220 e. The van der Waals surface area contributed by atoms with Crippen molar-refractivity contribution in [1.82, 2.24) is 15.1 Å². The van der Waals surface area contributed by atoms with E-state index in [1.54, 1.807) is 16.9 Å². The van der Waals surface area contributed by atoms with Crippen molar-refractivity contribution in [2.75, 3.05) is 6.54 Å². The molecule has 2 atom stereocenters. The van der Waals surface area contributed by atoms with E-state index in [1.807, 2.05) is 19.2 Å². The molecular weight excluding hydrogens is 374 g/mol. The van der Waals surface area contributed by atoms with E-state index in [-0.39, 0.29) is 30.7 Å². The first-order chi connectivity index (χ1) is 12.3. The van der Waals surface area contributed by atoms with E-state index in [4.69, 9.17) is 5.73 Å². The van der Waals surface area contributed by atoms with Crippen LogP contribution in [0.4, 0.5) is 8.78 Å². The van der Waals surface area contributed by atoms with Gasteiger partial charge in [-0.2, -0.15) is 5.10 Å². The second kappa shape index (κ2) is 8.80. The summed E-state index contributed by atoms with van der Waals surface area (Å²) in [6, 6.07) is 5.71. The summed E-state index contributed by atoms with van der Waals surface area (Å²) in [4.78, 5) is 12.4. The van der Waals surface area contributed by atoms with Gasteiger partial charge in [0.05, 0.1) is 12.1 Å². The molecule has 1 heterocycles. The molecule has 27 heavy (non-hydrogen) atoms. The largest absolute Gasteiger partial charge is 0.354 e. The molecule has 1 aliphatic rings. The zero-order valence-corrected chi connectivity index (χ0v) is 16.0. The normalized spacial score (nSPS) is 16.9. The van der Waals surface area contributed by atoms with Crippen LogP contribution in [0.3, 0.4) is 0 Å². The highest BCUT2D eigenvalue weighted by Gasteiger charge is 2.34. The van der Waals surface area contributed by atoms with Gasteiger partial charge in [0.25, 0.3) is 0 Å². The Morgan fingerprint density at radius 2 is 2.15 bits per heavy atom. The van der Waals surface area contributed by atoms with Crippen molar-refractivity contribution in [3.05, 3.63) is 53.9 Å². The van der Waals surface area contributed by atoms with Gasteiger partial charge in [-0.3, -0.25) is 9.48 Å². The van der Waals surface area contributed by atoms with Crippen LogP contribution in [-0.4, -0.2) is 27.8 Å². The Morgan fingerprint density at radius 1 is 1.41 bits per heavy atom. The van der Waals surface area contributed by atoms with Crippen LogP contribution < -0.4 is 11.1 Å². The average Bonchev–Trinajstić information content (AvgIpc) is 3.31. The molecule has 1 aromatic carbocycles. The summed E-state index contributed by atoms with van der Waals surface area (Å²) in [6.07, 6.45) is 5.75. The van der Waals surface area contributed by atoms with Gasteiger partial charge in [0.1, 0.15) is 0 Å². The number of aromatic nitrogens is 2. The first-order valence-corrected chi connectivity index (χ1v) is 8.82. The second-order valence-corrected chi connectivity index (χ2v) is 7.46. The first kappa shape index (κ1) is 21.3. The van der Waals surface area contributed by atoms with Crippen LogP contribution in [0.25, 0.3) is 0 Å². The summed E-state index contributed by atoms with van der Waals surface area (Å²) >= 11 is 0. The lowest BCUT2D eigenvalue weighted by Gasteiger charge is -2.25. The van der Waals surface area contributed by atoms with Gasteiger partial charge in [0.15, 0.2) is 11.6 Å². The molecule has 2 aromatic rings. The van der Waals surface area contributed by atoms with Gasteiger partial charge in [0, 0.05) is 25.4 Å². The van der Waals surface area contributed by atoms with Crippen LogP contribution in [0.1, 0.15) is 37.7 Å². The van der Waals surface area contributed by atoms with Crippen molar-refractivity contribution < 1.29 is 13.6 Å². The van der Waals surface area contributed by atoms with Crippen molar-refractivity contribution in [1.29, 1.82) is 0 Å². The van der Waals surface area contributed by atoms with Gasteiger partial charge < -0.3 is 11.1 Å². The number of carbonyl (C=O) groups is 1. The van der Waals surface area contributed by atoms with E-state index < -0.39 is 17.2 Å². The summed E-state index contributed by atoms with van der Waals surface area (Å²) in [6.45, 7) is 2.64. The fourth-order valence-electron chi connectivity index (χ4n) is 3.19. The fourth-order valence-corrected chi connectivity index (χ4v) is 3.19. The molecule has 148 valence electrons. The molecule has 0 radical (unpaired) electrons. The molecule has 0 spiro atoms. The lowest BCUT2D eigenvalue weighted by Crippen LogP contribution is -2.50. The number of nitrogens with zero attached hydrogens (tertiary/aromatic N) is 2. The maximum absolute atomic E-state index is 13.5. The van der Waals surface area contributed by atoms with Crippen molar-refractivity contribution in [3.63, 3.8) is 0 Å². The zero-order chi connectivity index (χ0) is 18.7. The predicted molar refractivity (Wildman–Crippen MR) is 102 cm³/mol. The molecule has 1 amide bonds. The molecule has 3 N–H and O–H groups in total. The van der Waals surface area contributed by atoms with Crippen LogP contribution in [0.5, 0.6) is 0 Å². The molecule has 1 aliphatic carbocycles. The van der Waals surface area contributed by atoms with Crippen molar-refractivity contribution in [3.8, 4) is 0 Å². The lowest BCUT2D eigenvalue weighted by atomic mass is 9.90. The van der Waals surface area contributed by atoms with Crippen LogP contribution in [0, 0.1) is 17.6 Å². The fraction of sp³-hybridized carbons (Fsp3) is 0.474. The maximum Gasteiger partial charge on any atom is 0.220 e. The maximum atomic E-state index is 13.5. The number of benzene rings is 1. The number of halogens is 3. The van der Waals surface area contributed by atoms with E-state index in [0.29, 0.717) is 24.6 Å². The third kappa shape index (κ3) is 6.01. The van der Waals surface area contributed by atoms with Crippen LogP contribution >= 0.6 is 12.4 Å². The quantitative estimate of drug-likeness (QED) is 0.718. The van der Waals surface area contributed by atoms with E-state index in [2.05, 4.69) is 10.4 Å². The number of carbonyl (C=O) groups excluding carboxylic acids is 1. The van der Waals surface area contributed by atoms with Gasteiger partial charge in [-0.05, 0) is 55.4 Å². The molecule has 8 heteroatoms. The number of nitrogens with two attached hydrogens (primary N) is 1. The minimum absolute atomic E-state index is 0. The highest BCUT2D eigenvalue weighted by atomic mass is 35.5. The Bertz CT molecular complexity index is 763. The van der Waals surface area contributed by atoms with Gasteiger partial charge in [-0.15, -0.1) is 12.4 Å². The Hall–Kier alpha value is -1.99. The van der Waals surface area contributed by atoms with E-state index in [1.165, 1.54) is 6.07 Å². The van der Waals surface area contributed by atoms with Crippen LogP contribution in [0.15, 0.2) is 36.7 Å². The highest BCUT2D eigenvalue weighted by Crippen LogP contribution is 2.44. The molecule has 1 aromatic heterocycles. The molecule has 1 fully saturated rings. The standard InChI is InChI=1S/C19H24F2N4O.ClH/c1-19(22,12-25-8-2-7-24-25)11-23-18(26)10-15(13-3-4-13)14-5-6-16(20)17(21)9-14;/h2,5-9,13,15H,3-4,10-12,22H2,1H3,(H,23,26);1H. The SMILES string of the molecule is CC(N)(CNC(=O)CC(c1ccc(F)c(F)c1)C1CC1)Cn1cccn1.Cl. The third-order valence-corrected chi connectivity index (χ3v) is 4.74. The highest BCUT2D eigenvalue weighted by molar-refractivity contribution is 5.85. The third-order valence-electron chi connectivity index (χ3n) is 4.74. The number of nitrogens with one attached hydrogen (secondary N) is 1. The van der Waals surface area contributed by atoms with Crippen LogP contribution in [0.2, 0.25) is 0 Å². The van der Waals surface area contributed by atoms with Crippen molar-refractivity contribution in [2.45, 2.75) is 44.2 Å². The number of amides is 1. The topological polar surface area (TPSA) is 72.9 Å². The second-order valence-electron chi connectivity index (χ2n) is 7.46. The molecule has 0 aliphatic heterocycles. The number of hydrogen-bond donors (Lipinski definition) is 2. The molecule has 0 saturated heterocycles. The summed E-state index contributed by atoms with van der Waals surface area (Å²) in [7, 11) is 0. The molecular formula is C19H25ClF2N4O. The lowest BCUT2D eigenvalue weighted by molar-refractivity contribution is -0.121. The monoisotopic (exact) mass is 398 g/mol. The van der Waals surface area contributed by atoms with E-state index in [0.717, 1.165) is 18.9 Å². The molecule has 5 nitrogen and oxygen atoms in total. The molecule has 2 unspecified atom stereocenters. The summed E-state index contributed by atoms with van der Waals surface area (Å²) in [5.41, 5.74) is 6.27. The summed E-state index contributed by atoms with van der Waals surface area (Å²) < 4.78 is 28.4. The van der Waals surface area contributed by atoms with Crippen molar-refractivity contribution >= 4 is 18.3 Å². The Balaban J connectivity index is 0.00000261. The minimum Gasteiger partial charge on any atom is -0.354 e. The van der Waals surface area contributed by atoms with Gasteiger partial charge >= 0.3 is 0 Å². The molecule has 1 saturated carbocycles. The Labute approximate surface area is 163 Å². The van der Waals surface area contributed by atoms with Crippen molar-refractivity contribution in [2.24, 2.45) is 11.7 Å². The average molecular weight is 399 g/mol. The zero-order valence-electron chi connectivity index (χ0n) is 15.2. The van der Waals surface area contributed by atoms with E-state index in [9.17, 15) is 13.6 Å². The Morgan fingerprint density at radius 3 is 2.74 bits per heavy atom.